The number of hydrogen-bond acceptors (Lipinski definition) is 5. The first-order chi connectivity index (χ1) is 13.7. The molecule has 2 heterocycles. The van der Waals surface area contributed by atoms with E-state index >= 15 is 0 Å². The molecule has 29 heavy (non-hydrogen) atoms. The molecule has 0 N–H and O–H groups in total. The lowest BCUT2D eigenvalue weighted by Gasteiger charge is -2.13. The Morgan fingerprint density at radius 2 is 1.14 bits per heavy atom. The van der Waals surface area contributed by atoms with E-state index in [1.807, 2.05) is 0 Å². The van der Waals surface area contributed by atoms with E-state index in [4.69, 9.17) is 12.2 Å². The number of alkyl halides is 4. The molecule has 0 aliphatic carbocycles. The molecule has 2 aliphatic rings. The van der Waals surface area contributed by atoms with Crippen molar-refractivity contribution in [1.82, 2.24) is 9.21 Å². The molecule has 2 aromatic rings. The maximum absolute atomic E-state index is 12.4. The average molecular weight is 442 g/mol. The number of thiocarbonyl (C=S) groups is 1. The van der Waals surface area contributed by atoms with Crippen LogP contribution in [0.1, 0.15) is 36.6 Å². The predicted molar refractivity (Wildman–Crippen MR) is 101 cm³/mol. The van der Waals surface area contributed by atoms with Crippen LogP contribution in [0.3, 0.4) is 0 Å². The largest absolute Gasteiger partial charge is 0.322 e. The molecule has 0 saturated carbocycles. The highest BCUT2D eigenvalue weighted by molar-refractivity contribution is 7.98. The van der Waals surface area contributed by atoms with Gasteiger partial charge in [-0.15, -0.1) is 0 Å². The number of carbonyl (C=O) groups excluding carboxylic acids is 3. The number of rotatable bonds is 3. The van der Waals surface area contributed by atoms with Crippen LogP contribution in [-0.4, -0.2) is 44.2 Å². The fourth-order valence-electron chi connectivity index (χ4n) is 2.73. The van der Waals surface area contributed by atoms with Crippen molar-refractivity contribution in [2.45, 2.75) is 12.3 Å². The van der Waals surface area contributed by atoms with Crippen molar-refractivity contribution in [1.29, 1.82) is 0 Å². The third-order valence-corrected chi connectivity index (χ3v) is 5.08. The minimum absolute atomic E-state index is 0.0643. The molecule has 150 valence electrons. The molecule has 0 atom stereocenters. The van der Waals surface area contributed by atoms with Gasteiger partial charge in [-0.25, -0.2) is 9.21 Å². The van der Waals surface area contributed by atoms with E-state index in [1.165, 1.54) is 18.2 Å². The van der Waals surface area contributed by atoms with E-state index in [0.29, 0.717) is 14.8 Å². The van der Waals surface area contributed by atoms with Crippen LogP contribution in [0.25, 0.3) is 0 Å². The van der Waals surface area contributed by atoms with E-state index in [1.54, 1.807) is 30.3 Å². The number of hydrogen-bond donors (Lipinski definition) is 0. The van der Waals surface area contributed by atoms with Crippen molar-refractivity contribution >= 4 is 46.9 Å². The fraction of sp³-hybridized carbons (Fsp3) is 0.111. The van der Waals surface area contributed by atoms with Gasteiger partial charge in [0.2, 0.25) is 0 Å². The zero-order valence-electron chi connectivity index (χ0n) is 14.2. The summed E-state index contributed by atoms with van der Waals surface area (Å²) in [6, 6.07) is 12.4. The molecular formula is C18H10F4N2O3S2. The first kappa shape index (κ1) is 20.9. The first-order valence-electron chi connectivity index (χ1n) is 7.91. The third-order valence-electron chi connectivity index (χ3n) is 3.96. The summed E-state index contributed by atoms with van der Waals surface area (Å²) in [4.78, 5) is 34.6. The summed E-state index contributed by atoms with van der Waals surface area (Å²) in [7, 11) is 0. The van der Waals surface area contributed by atoms with Crippen molar-refractivity contribution in [2.24, 2.45) is 0 Å². The smallest absolute Gasteiger partial charge is 0.268 e. The Labute approximate surface area is 171 Å². The third kappa shape index (κ3) is 3.87. The molecular weight excluding hydrogens is 432 g/mol. The zero-order valence-corrected chi connectivity index (χ0v) is 15.9. The average Bonchev–Trinajstić information content (AvgIpc) is 3.09. The summed E-state index contributed by atoms with van der Waals surface area (Å²) in [5.74, 6) is -4.87. The SMILES string of the molecule is O=C1c2ccccc2C(=O)N1SC(F)F.O=C1c2ccccc2C(=S)N1C(F)F. The van der Waals surface area contributed by atoms with E-state index in [0.717, 1.165) is 0 Å². The highest BCUT2D eigenvalue weighted by Gasteiger charge is 2.38. The Hall–Kier alpha value is -2.79. The molecule has 3 amide bonds. The predicted octanol–water partition coefficient (Wildman–Crippen LogP) is 4.19. The van der Waals surface area contributed by atoms with Crippen LogP contribution in [0.2, 0.25) is 0 Å². The van der Waals surface area contributed by atoms with Crippen LogP contribution in [0.4, 0.5) is 17.6 Å². The zero-order chi connectivity index (χ0) is 21.3. The molecule has 2 aromatic carbocycles. The first-order valence-corrected chi connectivity index (χ1v) is 9.16. The summed E-state index contributed by atoms with van der Waals surface area (Å²) in [6.07, 6.45) is 0. The molecule has 0 radical (unpaired) electrons. The Bertz CT molecular complexity index is 946. The van der Waals surface area contributed by atoms with Gasteiger partial charge >= 0.3 is 12.3 Å². The Morgan fingerprint density at radius 1 is 0.724 bits per heavy atom. The number of amides is 3. The summed E-state index contributed by atoms with van der Waals surface area (Å²) in [5, 5.41) is 0. The number of halogens is 4. The molecule has 0 spiro atoms. The fourth-order valence-corrected chi connectivity index (χ4v) is 3.62. The van der Waals surface area contributed by atoms with Crippen molar-refractivity contribution in [2.75, 3.05) is 0 Å². The lowest BCUT2D eigenvalue weighted by Crippen LogP contribution is -2.33. The van der Waals surface area contributed by atoms with Gasteiger partial charge in [0.05, 0.1) is 16.7 Å². The Kier molecular flexibility index (Phi) is 5.99. The summed E-state index contributed by atoms with van der Waals surface area (Å²) in [5.41, 5.74) is 1.01. The molecule has 0 bridgehead atoms. The summed E-state index contributed by atoms with van der Waals surface area (Å²) in [6.45, 7) is -2.87. The maximum atomic E-state index is 12.4. The van der Waals surface area contributed by atoms with Gasteiger partial charge in [0.25, 0.3) is 17.7 Å². The highest BCUT2D eigenvalue weighted by atomic mass is 32.2. The van der Waals surface area contributed by atoms with Gasteiger partial charge in [0.15, 0.2) is 0 Å². The van der Waals surface area contributed by atoms with Gasteiger partial charge in [0, 0.05) is 17.5 Å². The quantitative estimate of drug-likeness (QED) is 0.235. The second-order valence-electron chi connectivity index (χ2n) is 5.62. The van der Waals surface area contributed by atoms with E-state index in [9.17, 15) is 31.9 Å². The van der Waals surface area contributed by atoms with Crippen LogP contribution < -0.4 is 0 Å². The van der Waals surface area contributed by atoms with Gasteiger partial charge in [-0.1, -0.05) is 42.5 Å². The van der Waals surface area contributed by atoms with Crippen molar-refractivity contribution < 1.29 is 31.9 Å². The molecule has 0 saturated heterocycles. The lowest BCUT2D eigenvalue weighted by atomic mass is 10.1. The molecule has 0 aromatic heterocycles. The number of benzene rings is 2. The van der Waals surface area contributed by atoms with Crippen molar-refractivity contribution in [3.05, 3.63) is 70.8 Å². The Balaban J connectivity index is 0.000000166. The van der Waals surface area contributed by atoms with Gasteiger partial charge in [-0.2, -0.15) is 17.6 Å². The standard InChI is InChI=1S/C9H5F2NO2S.C9H5F2NOS/c10-9(11)15-12-7(13)5-3-1-2-4-6(5)8(12)14;10-9(11)12-7(13)5-3-1-2-4-6(5)8(12)14/h1-4,9H;1-4,9H. The van der Waals surface area contributed by atoms with E-state index in [-0.39, 0.29) is 33.6 Å². The van der Waals surface area contributed by atoms with Crippen molar-refractivity contribution in [3.63, 3.8) is 0 Å². The normalized spacial score (nSPS) is 15.1. The van der Waals surface area contributed by atoms with E-state index < -0.39 is 30.0 Å². The van der Waals surface area contributed by atoms with Crippen LogP contribution in [0.5, 0.6) is 0 Å². The van der Waals surface area contributed by atoms with Gasteiger partial charge in [-0.05, 0) is 18.2 Å². The van der Waals surface area contributed by atoms with Crippen LogP contribution in [-0.2, 0) is 0 Å². The second kappa shape index (κ2) is 8.29. The number of carbonyl (C=O) groups is 3. The highest BCUT2D eigenvalue weighted by Crippen LogP contribution is 2.31. The molecule has 0 unspecified atom stereocenters. The maximum Gasteiger partial charge on any atom is 0.322 e. The van der Waals surface area contributed by atoms with E-state index in [2.05, 4.69) is 0 Å². The van der Waals surface area contributed by atoms with Crippen LogP contribution in [0, 0.1) is 0 Å². The molecule has 5 nitrogen and oxygen atoms in total. The van der Waals surface area contributed by atoms with Gasteiger partial charge in [-0.3, -0.25) is 14.4 Å². The molecule has 2 aliphatic heterocycles. The van der Waals surface area contributed by atoms with Crippen molar-refractivity contribution in [3.8, 4) is 0 Å². The molecule has 4 rings (SSSR count). The molecule has 11 heteroatoms. The minimum Gasteiger partial charge on any atom is -0.268 e. The monoisotopic (exact) mass is 442 g/mol. The molecule has 0 fully saturated rings. The Morgan fingerprint density at radius 3 is 1.52 bits per heavy atom. The summed E-state index contributed by atoms with van der Waals surface area (Å²) < 4.78 is 49.5. The van der Waals surface area contributed by atoms with Gasteiger partial charge < -0.3 is 0 Å². The number of imide groups is 1. The van der Waals surface area contributed by atoms with Crippen LogP contribution >= 0.6 is 24.2 Å². The summed E-state index contributed by atoms with van der Waals surface area (Å²) >= 11 is 4.71. The minimum atomic E-state index is -2.87. The topological polar surface area (TPSA) is 57.7 Å². The number of fused-ring (bicyclic) bond motifs is 2. The second-order valence-corrected chi connectivity index (χ2v) is 6.94. The lowest BCUT2D eigenvalue weighted by molar-refractivity contribution is 0.0233. The van der Waals surface area contributed by atoms with Crippen LogP contribution in [0.15, 0.2) is 48.5 Å². The number of nitrogens with zero attached hydrogens (tertiary/aromatic N) is 2. The van der Waals surface area contributed by atoms with Gasteiger partial charge in [0.1, 0.15) is 4.99 Å².